The van der Waals surface area contributed by atoms with E-state index in [1.54, 1.807) is 38.2 Å². The maximum absolute atomic E-state index is 12.2. The molecule has 2 rings (SSSR count). The van der Waals surface area contributed by atoms with Crippen LogP contribution in [0.5, 0.6) is 0 Å². The Morgan fingerprint density at radius 2 is 2.20 bits per heavy atom. The number of carbonyl (C=O) groups is 2. The maximum Gasteiger partial charge on any atom is 0.328 e. The normalized spacial score (nSPS) is 12.2. The summed E-state index contributed by atoms with van der Waals surface area (Å²) < 4.78 is 4.85. The first kappa shape index (κ1) is 14.4. The van der Waals surface area contributed by atoms with Crippen molar-refractivity contribution in [1.82, 2.24) is 10.3 Å². The molecule has 6 heteroatoms. The highest BCUT2D eigenvalue weighted by Gasteiger charge is 2.19. The molecule has 1 aromatic carbocycles. The summed E-state index contributed by atoms with van der Waals surface area (Å²) in [4.78, 5) is 26.6. The first-order valence-electron chi connectivity index (χ1n) is 6.27. The minimum Gasteiger partial charge on any atom is -0.464 e. The molecule has 0 fully saturated rings. The number of rotatable bonds is 4. The van der Waals surface area contributed by atoms with E-state index >= 15 is 0 Å². The average molecular weight is 295 g/mol. The van der Waals surface area contributed by atoms with E-state index in [1.165, 1.54) is 0 Å². The first-order valence-corrected chi connectivity index (χ1v) is 6.65. The number of aromatic nitrogens is 1. The van der Waals surface area contributed by atoms with Crippen LogP contribution >= 0.6 is 11.6 Å². The molecular weight excluding hydrogens is 280 g/mol. The van der Waals surface area contributed by atoms with E-state index in [1.807, 2.05) is 0 Å². The molecule has 0 spiro atoms. The lowest BCUT2D eigenvalue weighted by Gasteiger charge is -2.12. The van der Waals surface area contributed by atoms with Crippen molar-refractivity contribution in [3.8, 4) is 0 Å². The summed E-state index contributed by atoms with van der Waals surface area (Å²) in [6, 6.07) is 4.52. The molecule has 1 unspecified atom stereocenters. The van der Waals surface area contributed by atoms with Gasteiger partial charge in [-0.15, -0.1) is 0 Å². The van der Waals surface area contributed by atoms with Crippen LogP contribution in [-0.2, 0) is 9.53 Å². The minimum absolute atomic E-state index is 0.282. The van der Waals surface area contributed by atoms with Crippen LogP contribution in [0.3, 0.4) is 0 Å². The third kappa shape index (κ3) is 2.93. The van der Waals surface area contributed by atoms with Gasteiger partial charge in [-0.3, -0.25) is 4.79 Å². The van der Waals surface area contributed by atoms with Gasteiger partial charge in [0.25, 0.3) is 5.91 Å². The highest BCUT2D eigenvalue weighted by molar-refractivity contribution is 6.31. The summed E-state index contributed by atoms with van der Waals surface area (Å²) in [5, 5.41) is 3.95. The van der Waals surface area contributed by atoms with E-state index in [0.717, 1.165) is 10.9 Å². The molecule has 106 valence electrons. The van der Waals surface area contributed by atoms with Gasteiger partial charge in [-0.1, -0.05) is 17.7 Å². The Labute approximate surface area is 121 Å². The number of hydrogen-bond acceptors (Lipinski definition) is 3. The van der Waals surface area contributed by atoms with Gasteiger partial charge in [0, 0.05) is 22.1 Å². The minimum atomic E-state index is -0.695. The second kappa shape index (κ2) is 5.96. The monoisotopic (exact) mass is 294 g/mol. The third-order valence-corrected chi connectivity index (χ3v) is 3.11. The van der Waals surface area contributed by atoms with E-state index in [-0.39, 0.29) is 12.5 Å². The van der Waals surface area contributed by atoms with E-state index in [9.17, 15) is 9.59 Å². The topological polar surface area (TPSA) is 71.2 Å². The average Bonchev–Trinajstić information content (AvgIpc) is 2.81. The molecule has 1 atom stereocenters. The van der Waals surface area contributed by atoms with Crippen molar-refractivity contribution in [2.75, 3.05) is 6.61 Å². The van der Waals surface area contributed by atoms with E-state index in [4.69, 9.17) is 16.3 Å². The first-order chi connectivity index (χ1) is 9.52. The van der Waals surface area contributed by atoms with Crippen LogP contribution in [-0.4, -0.2) is 29.5 Å². The Kier molecular flexibility index (Phi) is 4.29. The second-order valence-corrected chi connectivity index (χ2v) is 4.78. The number of amides is 1. The predicted octanol–water partition coefficient (Wildman–Crippen LogP) is 2.50. The van der Waals surface area contributed by atoms with Gasteiger partial charge in [-0.25, -0.2) is 4.79 Å². The van der Waals surface area contributed by atoms with Gasteiger partial charge >= 0.3 is 5.97 Å². The number of hydrogen-bond donors (Lipinski definition) is 2. The van der Waals surface area contributed by atoms with Crippen LogP contribution in [0.2, 0.25) is 5.02 Å². The predicted molar refractivity (Wildman–Crippen MR) is 76.9 cm³/mol. The van der Waals surface area contributed by atoms with Crippen molar-refractivity contribution in [2.45, 2.75) is 19.9 Å². The number of fused-ring (bicyclic) bond motifs is 1. The summed E-state index contributed by atoms with van der Waals surface area (Å²) in [7, 11) is 0. The number of benzene rings is 1. The zero-order valence-electron chi connectivity index (χ0n) is 11.2. The Bertz CT molecular complexity index is 651. The fourth-order valence-electron chi connectivity index (χ4n) is 1.89. The van der Waals surface area contributed by atoms with E-state index in [2.05, 4.69) is 10.3 Å². The van der Waals surface area contributed by atoms with Crippen molar-refractivity contribution in [3.63, 3.8) is 0 Å². The van der Waals surface area contributed by atoms with E-state index in [0.29, 0.717) is 10.6 Å². The number of ether oxygens (including phenoxy) is 1. The van der Waals surface area contributed by atoms with Crippen LogP contribution in [0.4, 0.5) is 0 Å². The molecule has 1 amide bonds. The molecule has 2 aromatic rings. The fourth-order valence-corrected chi connectivity index (χ4v) is 2.06. The molecule has 0 aliphatic carbocycles. The molecule has 5 nitrogen and oxygen atoms in total. The summed E-state index contributed by atoms with van der Waals surface area (Å²) in [5.74, 6) is -0.789. The number of esters is 1. The zero-order valence-corrected chi connectivity index (χ0v) is 12.0. The molecule has 0 bridgehead atoms. The van der Waals surface area contributed by atoms with Gasteiger partial charge in [0.15, 0.2) is 0 Å². The molecule has 1 aromatic heterocycles. The van der Waals surface area contributed by atoms with Gasteiger partial charge < -0.3 is 15.0 Å². The Balaban J connectivity index is 2.17. The molecule has 1 heterocycles. The van der Waals surface area contributed by atoms with Crippen molar-refractivity contribution >= 4 is 34.4 Å². The summed E-state index contributed by atoms with van der Waals surface area (Å²) in [6.07, 6.45) is 1.59. The van der Waals surface area contributed by atoms with Crippen molar-refractivity contribution in [3.05, 3.63) is 35.0 Å². The van der Waals surface area contributed by atoms with Crippen molar-refractivity contribution in [1.29, 1.82) is 0 Å². The third-order valence-electron chi connectivity index (χ3n) is 2.88. The van der Waals surface area contributed by atoms with Gasteiger partial charge in [-0.05, 0) is 26.0 Å². The number of H-pyrrole nitrogens is 1. The quantitative estimate of drug-likeness (QED) is 0.851. The smallest absolute Gasteiger partial charge is 0.328 e. The van der Waals surface area contributed by atoms with E-state index < -0.39 is 12.0 Å². The van der Waals surface area contributed by atoms with Gasteiger partial charge in [0.2, 0.25) is 0 Å². The summed E-state index contributed by atoms with van der Waals surface area (Å²) in [6.45, 7) is 3.59. The van der Waals surface area contributed by atoms with Crippen LogP contribution in [0, 0.1) is 0 Å². The fraction of sp³-hybridized carbons (Fsp3) is 0.286. The van der Waals surface area contributed by atoms with Crippen molar-refractivity contribution in [2.24, 2.45) is 0 Å². The molecule has 0 saturated heterocycles. The number of nitrogens with one attached hydrogen (secondary N) is 2. The number of carbonyl (C=O) groups excluding carboxylic acids is 2. The van der Waals surface area contributed by atoms with Gasteiger partial charge in [0.05, 0.1) is 12.2 Å². The summed E-state index contributed by atoms with van der Waals surface area (Å²) in [5.41, 5.74) is 1.24. The highest BCUT2D eigenvalue weighted by Crippen LogP contribution is 2.22. The lowest BCUT2D eigenvalue weighted by Crippen LogP contribution is -2.39. The maximum atomic E-state index is 12.2. The number of halogens is 1. The molecule has 0 aliphatic rings. The van der Waals surface area contributed by atoms with Gasteiger partial charge in [-0.2, -0.15) is 0 Å². The molecule has 0 saturated carbocycles. The van der Waals surface area contributed by atoms with Crippen LogP contribution in [0.1, 0.15) is 24.2 Å². The number of aromatic amines is 1. The van der Waals surface area contributed by atoms with Gasteiger partial charge in [0.1, 0.15) is 6.04 Å². The summed E-state index contributed by atoms with van der Waals surface area (Å²) >= 11 is 5.89. The zero-order chi connectivity index (χ0) is 14.7. The molecule has 0 radical (unpaired) electrons. The molecule has 20 heavy (non-hydrogen) atoms. The molecular formula is C14H15ClN2O3. The second-order valence-electron chi connectivity index (χ2n) is 4.34. The highest BCUT2D eigenvalue weighted by atomic mass is 35.5. The lowest BCUT2D eigenvalue weighted by atomic mass is 10.1. The van der Waals surface area contributed by atoms with Crippen LogP contribution < -0.4 is 5.32 Å². The SMILES string of the molecule is CCOC(=O)C(C)NC(=O)c1c[nH]c2cc(Cl)ccc12. The largest absolute Gasteiger partial charge is 0.464 e. The Morgan fingerprint density at radius 1 is 1.45 bits per heavy atom. The van der Waals surface area contributed by atoms with Crippen molar-refractivity contribution < 1.29 is 14.3 Å². The molecule has 0 aliphatic heterocycles. The Hall–Kier alpha value is -2.01. The standard InChI is InChI=1S/C14H15ClN2O3/c1-3-20-14(19)8(2)17-13(18)11-7-16-12-6-9(15)4-5-10(11)12/h4-8,16H,3H2,1-2H3,(H,17,18). The van der Waals surface area contributed by atoms with Crippen LogP contribution in [0.25, 0.3) is 10.9 Å². The Morgan fingerprint density at radius 3 is 2.90 bits per heavy atom. The van der Waals surface area contributed by atoms with Crippen LogP contribution in [0.15, 0.2) is 24.4 Å². The lowest BCUT2D eigenvalue weighted by molar-refractivity contribution is -0.144. The molecule has 2 N–H and O–H groups in total.